The van der Waals surface area contributed by atoms with Gasteiger partial charge in [0.2, 0.25) is 10.9 Å². The lowest BCUT2D eigenvalue weighted by molar-refractivity contribution is 0.360. The Labute approximate surface area is 102 Å². The van der Waals surface area contributed by atoms with Gasteiger partial charge >= 0.3 is 0 Å². The van der Waals surface area contributed by atoms with Crippen molar-refractivity contribution < 1.29 is 0 Å². The van der Waals surface area contributed by atoms with Gasteiger partial charge in [-0.1, -0.05) is 6.92 Å². The monoisotopic (exact) mass is 244 g/mol. The van der Waals surface area contributed by atoms with Crippen LogP contribution in [0.25, 0.3) is 0 Å². The van der Waals surface area contributed by atoms with Crippen molar-refractivity contribution in [2.45, 2.75) is 6.92 Å². The van der Waals surface area contributed by atoms with E-state index >= 15 is 0 Å². The van der Waals surface area contributed by atoms with E-state index in [9.17, 15) is 9.59 Å². The van der Waals surface area contributed by atoms with E-state index in [0.29, 0.717) is 5.69 Å². The van der Waals surface area contributed by atoms with Gasteiger partial charge in [0.05, 0.1) is 5.69 Å². The van der Waals surface area contributed by atoms with Gasteiger partial charge in [-0.15, -0.1) is 0 Å². The molecule has 0 bridgehead atoms. The second-order valence-electron chi connectivity index (χ2n) is 3.54. The molecule has 0 saturated heterocycles. The maximum atomic E-state index is 11.0. The van der Waals surface area contributed by atoms with Gasteiger partial charge in [-0.05, 0) is 19.8 Å². The predicted molar refractivity (Wildman–Crippen MR) is 72.7 cm³/mol. The predicted octanol–water partition coefficient (Wildman–Crippen LogP) is 0.216. The zero-order valence-corrected chi connectivity index (χ0v) is 11.3. The van der Waals surface area contributed by atoms with Gasteiger partial charge in [0, 0.05) is 26.2 Å². The van der Waals surface area contributed by atoms with E-state index < -0.39 is 0 Å². The molecule has 1 aromatic carbocycles. The van der Waals surface area contributed by atoms with Crippen LogP contribution < -0.4 is 15.8 Å². The minimum Gasteiger partial charge on any atom is -0.370 e. The summed E-state index contributed by atoms with van der Waals surface area (Å²) < 4.78 is 0. The van der Waals surface area contributed by atoms with Gasteiger partial charge in [-0.3, -0.25) is 9.59 Å². The van der Waals surface area contributed by atoms with Gasteiger partial charge in [0.25, 0.3) is 0 Å². The Balaban J connectivity index is 0.00000106. The molecule has 1 aromatic rings. The Bertz CT molecular complexity index is 372. The van der Waals surface area contributed by atoms with Crippen LogP contribution in [-0.4, -0.2) is 44.9 Å². The topological polar surface area (TPSA) is 40.6 Å². The summed E-state index contributed by atoms with van der Waals surface area (Å²) in [7, 11) is 3.86. The Morgan fingerprint density at radius 2 is 1.75 bits per heavy atom. The summed E-state index contributed by atoms with van der Waals surface area (Å²) in [6, 6.07) is 1.40. The summed E-state index contributed by atoms with van der Waals surface area (Å²) in [5.41, 5.74) is -0.193. The Morgan fingerprint density at radius 1 is 1.19 bits per heavy atom. The molecule has 0 spiro atoms. The second-order valence-corrected chi connectivity index (χ2v) is 3.54. The minimum atomic E-state index is -0.379. The van der Waals surface area contributed by atoms with Crippen molar-refractivity contribution >= 4 is 18.3 Å². The highest BCUT2D eigenvalue weighted by molar-refractivity contribution is 7.79. The summed E-state index contributed by atoms with van der Waals surface area (Å²) >= 11 is 3.53. The molecular formula is C11H20N2O2S. The van der Waals surface area contributed by atoms with Crippen molar-refractivity contribution in [2.75, 3.05) is 44.9 Å². The van der Waals surface area contributed by atoms with Crippen LogP contribution >= 0.6 is 12.6 Å². The van der Waals surface area contributed by atoms with Gasteiger partial charge in [-0.25, -0.2) is 0 Å². The number of likely N-dealkylation sites (N-methyl/N-ethyl adjacent to an activating group) is 2. The Kier molecular flexibility index (Phi) is 7.08. The molecule has 0 saturated carbocycles. The average Bonchev–Trinajstić information content (AvgIpc) is 2.34. The molecule has 0 aliphatic rings. The molecule has 0 fully saturated rings. The summed E-state index contributed by atoms with van der Waals surface area (Å²) in [5, 5.41) is 0. The summed E-state index contributed by atoms with van der Waals surface area (Å²) in [6.07, 6.45) is 1.69. The average molecular weight is 244 g/mol. The fourth-order valence-corrected chi connectivity index (χ4v) is 1.19. The van der Waals surface area contributed by atoms with Gasteiger partial charge in [-0.2, -0.15) is 12.6 Å². The standard InChI is InChI=1S/C10H16N2O2.CH4S/c1-4-11(2)5-6-12(3)8-7-9(13)10(8)14;1-2/h7H,4-6H2,1-3H3;2H,1H3. The van der Waals surface area contributed by atoms with Gasteiger partial charge < -0.3 is 9.80 Å². The van der Waals surface area contributed by atoms with Crippen molar-refractivity contribution in [3.05, 3.63) is 26.5 Å². The van der Waals surface area contributed by atoms with Crippen LogP contribution in [0.5, 0.6) is 0 Å². The molecule has 5 heteroatoms. The fourth-order valence-electron chi connectivity index (χ4n) is 1.19. The normalized spacial score (nSPS) is 10.1. The summed E-state index contributed by atoms with van der Waals surface area (Å²) in [4.78, 5) is 25.7. The number of rotatable bonds is 5. The molecule has 0 aliphatic heterocycles. The van der Waals surface area contributed by atoms with Crippen LogP contribution in [0, 0.1) is 0 Å². The lowest BCUT2D eigenvalue weighted by Gasteiger charge is -2.22. The first kappa shape index (κ1) is 15.2. The van der Waals surface area contributed by atoms with Crippen LogP contribution in [0.1, 0.15) is 6.92 Å². The second kappa shape index (κ2) is 7.46. The maximum absolute atomic E-state index is 11.0. The van der Waals surface area contributed by atoms with Crippen molar-refractivity contribution in [3.63, 3.8) is 0 Å². The third-order valence-electron chi connectivity index (χ3n) is 2.49. The van der Waals surface area contributed by atoms with Crippen LogP contribution in [0.4, 0.5) is 5.69 Å². The van der Waals surface area contributed by atoms with Crippen LogP contribution in [0.3, 0.4) is 0 Å². The summed E-state index contributed by atoms with van der Waals surface area (Å²) in [6.45, 7) is 4.73. The molecule has 0 atom stereocenters. The van der Waals surface area contributed by atoms with E-state index in [-0.39, 0.29) is 10.9 Å². The molecule has 16 heavy (non-hydrogen) atoms. The first-order chi connectivity index (χ1) is 7.56. The number of nitrogens with zero attached hydrogens (tertiary/aromatic N) is 2. The molecule has 92 valence electrons. The highest BCUT2D eigenvalue weighted by atomic mass is 32.1. The first-order valence-corrected chi connectivity index (χ1v) is 6.10. The largest absolute Gasteiger partial charge is 0.370 e. The number of hydrogen-bond donors (Lipinski definition) is 1. The molecule has 0 aliphatic carbocycles. The highest BCUT2D eigenvalue weighted by Gasteiger charge is 2.13. The van der Waals surface area contributed by atoms with Crippen molar-refractivity contribution in [2.24, 2.45) is 0 Å². The van der Waals surface area contributed by atoms with Crippen LogP contribution in [0.15, 0.2) is 15.7 Å². The number of thiol groups is 1. The highest BCUT2D eigenvalue weighted by Crippen LogP contribution is 2.02. The third kappa shape index (κ3) is 3.98. The van der Waals surface area contributed by atoms with E-state index in [1.807, 2.05) is 19.0 Å². The molecule has 0 N–H and O–H groups in total. The van der Waals surface area contributed by atoms with Crippen LogP contribution in [0.2, 0.25) is 0 Å². The van der Waals surface area contributed by atoms with E-state index in [1.165, 1.54) is 6.07 Å². The Hall–Kier alpha value is -0.810. The lowest BCUT2D eigenvalue weighted by Crippen LogP contribution is -2.40. The van der Waals surface area contributed by atoms with Gasteiger partial charge in [0.1, 0.15) is 0 Å². The van der Waals surface area contributed by atoms with Crippen molar-refractivity contribution in [3.8, 4) is 0 Å². The number of anilines is 1. The van der Waals surface area contributed by atoms with E-state index in [2.05, 4.69) is 24.5 Å². The smallest absolute Gasteiger partial charge is 0.249 e. The molecule has 0 heterocycles. The SMILES string of the molecule is CCN(C)CCN(C)c1cc(=O)c1=O.CS. The van der Waals surface area contributed by atoms with Crippen LogP contribution in [-0.2, 0) is 0 Å². The molecule has 0 radical (unpaired) electrons. The Morgan fingerprint density at radius 3 is 2.12 bits per heavy atom. The maximum Gasteiger partial charge on any atom is 0.249 e. The zero-order chi connectivity index (χ0) is 12.7. The number of hydrogen-bond acceptors (Lipinski definition) is 5. The molecule has 0 amide bonds. The minimum absolute atomic E-state index is 0.355. The van der Waals surface area contributed by atoms with E-state index in [0.717, 1.165) is 19.6 Å². The molecule has 0 unspecified atom stereocenters. The third-order valence-corrected chi connectivity index (χ3v) is 2.49. The molecule has 1 rings (SSSR count). The van der Waals surface area contributed by atoms with Gasteiger partial charge in [0.15, 0.2) is 0 Å². The lowest BCUT2D eigenvalue weighted by atomic mass is 10.2. The van der Waals surface area contributed by atoms with E-state index in [4.69, 9.17) is 0 Å². The molecule has 4 nitrogen and oxygen atoms in total. The van der Waals surface area contributed by atoms with Crippen molar-refractivity contribution in [1.82, 2.24) is 4.90 Å². The molecule has 0 aromatic heterocycles. The zero-order valence-electron chi connectivity index (χ0n) is 10.4. The summed E-state index contributed by atoms with van der Waals surface area (Å²) in [5.74, 6) is 0. The van der Waals surface area contributed by atoms with Crippen molar-refractivity contribution in [1.29, 1.82) is 0 Å². The first-order valence-electron chi connectivity index (χ1n) is 5.21. The fraction of sp³-hybridized carbons (Fsp3) is 0.636. The molecular weight excluding hydrogens is 224 g/mol. The quantitative estimate of drug-likeness (QED) is 0.594. The van der Waals surface area contributed by atoms with E-state index in [1.54, 1.807) is 6.26 Å².